The van der Waals surface area contributed by atoms with E-state index in [4.69, 9.17) is 23.2 Å². The molecule has 4 aromatic rings. The Labute approximate surface area is 142 Å². The van der Waals surface area contributed by atoms with Crippen LogP contribution in [-0.4, -0.2) is 0 Å². The second kappa shape index (κ2) is 4.48. The summed E-state index contributed by atoms with van der Waals surface area (Å²) in [6, 6.07) is 12.2. The molecule has 0 unspecified atom stereocenters. The summed E-state index contributed by atoms with van der Waals surface area (Å²) >= 11 is 20.0. The first kappa shape index (κ1) is 13.1. The number of hydrogen-bond acceptors (Lipinski definition) is 0. The molecule has 0 aliphatic rings. The molecule has 98 valence electrons. The van der Waals surface area contributed by atoms with Gasteiger partial charge >= 0.3 is 0 Å². The van der Waals surface area contributed by atoms with Crippen LogP contribution in [-0.2, 0) is 0 Å². The van der Waals surface area contributed by atoms with E-state index >= 15 is 0 Å². The fraction of sp³-hybridized carbons (Fsp3) is 0. The van der Waals surface area contributed by atoms with E-state index in [0.29, 0.717) is 0 Å². The van der Waals surface area contributed by atoms with Gasteiger partial charge in [-0.2, -0.15) is 0 Å². The van der Waals surface area contributed by atoms with Gasteiger partial charge in [0.1, 0.15) is 0 Å². The highest BCUT2D eigenvalue weighted by atomic mass is 79.9. The van der Waals surface area contributed by atoms with Crippen LogP contribution >= 0.6 is 55.1 Å². The maximum Gasteiger partial charge on any atom is 0.0496 e. The smallest absolute Gasteiger partial charge is 0.0496 e. The van der Waals surface area contributed by atoms with Crippen LogP contribution in [0.25, 0.3) is 32.3 Å². The summed E-state index contributed by atoms with van der Waals surface area (Å²) in [5.41, 5.74) is 0. The second-order valence-electron chi connectivity index (χ2n) is 4.75. The predicted octanol–water partition coefficient (Wildman–Crippen LogP) is 7.42. The van der Waals surface area contributed by atoms with Gasteiger partial charge in [-0.25, -0.2) is 0 Å². The van der Waals surface area contributed by atoms with Crippen LogP contribution in [0.4, 0.5) is 0 Å². The van der Waals surface area contributed by atoms with E-state index in [1.54, 1.807) is 0 Å². The van der Waals surface area contributed by atoms with Crippen LogP contribution in [0.2, 0.25) is 10.0 Å². The van der Waals surface area contributed by atoms with Gasteiger partial charge in [-0.1, -0.05) is 79.3 Å². The van der Waals surface area contributed by atoms with Gasteiger partial charge in [0.15, 0.2) is 0 Å². The number of halogens is 4. The largest absolute Gasteiger partial charge is 0.0836 e. The molecule has 4 aromatic carbocycles. The molecular formula is C16H6Br2Cl2. The third kappa shape index (κ3) is 1.66. The van der Waals surface area contributed by atoms with Crippen molar-refractivity contribution < 1.29 is 0 Å². The van der Waals surface area contributed by atoms with Gasteiger partial charge in [0.25, 0.3) is 0 Å². The molecule has 0 heterocycles. The van der Waals surface area contributed by atoms with E-state index in [2.05, 4.69) is 56.1 Å². The maximum atomic E-state index is 6.39. The zero-order chi connectivity index (χ0) is 14.0. The van der Waals surface area contributed by atoms with E-state index in [0.717, 1.165) is 51.3 Å². The minimum absolute atomic E-state index is 0.745. The van der Waals surface area contributed by atoms with E-state index in [1.807, 2.05) is 12.1 Å². The first-order chi connectivity index (χ1) is 9.58. The molecule has 0 aliphatic heterocycles. The fourth-order valence-corrected chi connectivity index (χ4v) is 4.74. The van der Waals surface area contributed by atoms with Crippen molar-refractivity contribution in [1.29, 1.82) is 0 Å². The molecule has 0 saturated heterocycles. The molecule has 4 rings (SSSR count). The summed E-state index contributed by atoms with van der Waals surface area (Å²) in [4.78, 5) is 0. The second-order valence-corrected chi connectivity index (χ2v) is 7.27. The van der Waals surface area contributed by atoms with Crippen molar-refractivity contribution in [2.75, 3.05) is 0 Å². The highest BCUT2D eigenvalue weighted by Gasteiger charge is 2.15. The third-order valence-electron chi connectivity index (χ3n) is 3.70. The van der Waals surface area contributed by atoms with E-state index in [9.17, 15) is 0 Å². The molecule has 0 amide bonds. The Balaban J connectivity index is 2.47. The van der Waals surface area contributed by atoms with Crippen LogP contribution in [0.5, 0.6) is 0 Å². The summed E-state index contributed by atoms with van der Waals surface area (Å²) in [7, 11) is 0. The zero-order valence-electron chi connectivity index (χ0n) is 9.98. The van der Waals surface area contributed by atoms with E-state index in [-0.39, 0.29) is 0 Å². The molecule has 0 bridgehead atoms. The highest BCUT2D eigenvalue weighted by Crippen LogP contribution is 2.44. The molecule has 0 saturated carbocycles. The fourth-order valence-electron chi connectivity index (χ4n) is 2.83. The van der Waals surface area contributed by atoms with Crippen LogP contribution in [0.3, 0.4) is 0 Å². The summed E-state index contributed by atoms with van der Waals surface area (Å²) < 4.78 is 2.00. The molecule has 20 heavy (non-hydrogen) atoms. The summed E-state index contributed by atoms with van der Waals surface area (Å²) in [6.07, 6.45) is 0. The van der Waals surface area contributed by atoms with Crippen molar-refractivity contribution in [2.24, 2.45) is 0 Å². The molecule has 0 N–H and O–H groups in total. The first-order valence-electron chi connectivity index (χ1n) is 5.98. The summed E-state index contributed by atoms with van der Waals surface area (Å²) in [5.74, 6) is 0. The quantitative estimate of drug-likeness (QED) is 0.256. The monoisotopic (exact) mass is 426 g/mol. The molecule has 0 radical (unpaired) electrons. The average Bonchev–Trinajstić information content (AvgIpc) is 2.42. The standard InChI is InChI=1S/C16H6Br2Cl2/c17-11-5-14(20)10-4-2-8-12(18)6-13(19)9-3-1-7(11)15(10)16(8)9/h1-6H. The lowest BCUT2D eigenvalue weighted by atomic mass is 9.94. The molecule has 0 spiro atoms. The molecular weight excluding hydrogens is 423 g/mol. The Morgan fingerprint density at radius 1 is 0.600 bits per heavy atom. The van der Waals surface area contributed by atoms with Gasteiger partial charge in [0.05, 0.1) is 0 Å². The molecule has 0 nitrogen and oxygen atoms in total. The number of benzene rings is 4. The Bertz CT molecular complexity index is 839. The van der Waals surface area contributed by atoms with Crippen LogP contribution < -0.4 is 0 Å². The Kier molecular flexibility index (Phi) is 2.94. The van der Waals surface area contributed by atoms with Gasteiger partial charge in [0.2, 0.25) is 0 Å². The Morgan fingerprint density at radius 3 is 1.35 bits per heavy atom. The molecule has 4 heteroatoms. The van der Waals surface area contributed by atoms with Gasteiger partial charge in [-0.15, -0.1) is 0 Å². The zero-order valence-corrected chi connectivity index (χ0v) is 14.7. The van der Waals surface area contributed by atoms with Crippen molar-refractivity contribution in [3.63, 3.8) is 0 Å². The molecule has 0 atom stereocenters. The van der Waals surface area contributed by atoms with Gasteiger partial charge in [-0.05, 0) is 22.9 Å². The molecule has 0 fully saturated rings. The SMILES string of the molecule is Clc1cc(Br)c2ccc3c(Cl)cc(Br)c4ccc1c2c34. The van der Waals surface area contributed by atoms with Gasteiger partial charge in [-0.3, -0.25) is 0 Å². The number of rotatable bonds is 0. The van der Waals surface area contributed by atoms with Gasteiger partial charge in [0, 0.05) is 40.5 Å². The predicted molar refractivity (Wildman–Crippen MR) is 95.6 cm³/mol. The maximum absolute atomic E-state index is 6.39. The Hall–Kier alpha value is -0.540. The lowest BCUT2D eigenvalue weighted by Gasteiger charge is -2.14. The average molecular weight is 429 g/mol. The van der Waals surface area contributed by atoms with Crippen molar-refractivity contribution in [2.45, 2.75) is 0 Å². The van der Waals surface area contributed by atoms with Crippen LogP contribution in [0.1, 0.15) is 0 Å². The minimum Gasteiger partial charge on any atom is -0.0836 e. The lowest BCUT2D eigenvalue weighted by molar-refractivity contribution is 1.72. The van der Waals surface area contributed by atoms with Gasteiger partial charge < -0.3 is 0 Å². The summed E-state index contributed by atoms with van der Waals surface area (Å²) in [6.45, 7) is 0. The summed E-state index contributed by atoms with van der Waals surface area (Å²) in [5, 5.41) is 8.21. The Morgan fingerprint density at radius 2 is 0.950 bits per heavy atom. The van der Waals surface area contributed by atoms with Crippen LogP contribution in [0, 0.1) is 0 Å². The van der Waals surface area contributed by atoms with Crippen molar-refractivity contribution >= 4 is 87.4 Å². The highest BCUT2D eigenvalue weighted by molar-refractivity contribution is 9.11. The number of hydrogen-bond donors (Lipinski definition) is 0. The molecule has 0 aromatic heterocycles. The molecule has 0 aliphatic carbocycles. The van der Waals surface area contributed by atoms with E-state index < -0.39 is 0 Å². The topological polar surface area (TPSA) is 0 Å². The first-order valence-corrected chi connectivity index (χ1v) is 8.32. The van der Waals surface area contributed by atoms with E-state index in [1.165, 1.54) is 0 Å². The van der Waals surface area contributed by atoms with Crippen molar-refractivity contribution in [3.05, 3.63) is 55.4 Å². The normalized spacial score (nSPS) is 12.0. The third-order valence-corrected chi connectivity index (χ3v) is 5.63. The lowest BCUT2D eigenvalue weighted by Crippen LogP contribution is -1.87. The van der Waals surface area contributed by atoms with Crippen LogP contribution in [0.15, 0.2) is 45.3 Å². The van der Waals surface area contributed by atoms with Crippen molar-refractivity contribution in [3.8, 4) is 0 Å². The minimum atomic E-state index is 0.745. The van der Waals surface area contributed by atoms with Crippen molar-refractivity contribution in [1.82, 2.24) is 0 Å².